The van der Waals surface area contributed by atoms with Gasteiger partial charge in [0, 0.05) is 40.8 Å². The van der Waals surface area contributed by atoms with Crippen molar-refractivity contribution in [1.29, 1.82) is 0 Å². The van der Waals surface area contributed by atoms with E-state index in [-0.39, 0.29) is 59.0 Å². The van der Waals surface area contributed by atoms with Crippen molar-refractivity contribution in [3.05, 3.63) is 87.8 Å². The van der Waals surface area contributed by atoms with Crippen LogP contribution in [0.3, 0.4) is 0 Å². The second-order valence-corrected chi connectivity index (χ2v) is 10.1. The van der Waals surface area contributed by atoms with Gasteiger partial charge in [0.25, 0.3) is 5.91 Å². The lowest BCUT2D eigenvalue weighted by molar-refractivity contribution is 0.0131. The molecule has 240 valence electrons. The molecule has 1 aliphatic heterocycles. The van der Waals surface area contributed by atoms with Gasteiger partial charge < -0.3 is 39.3 Å². The SMILES string of the molecule is O=C(NCCOCCOCCOCCn1nncc1CO)c1ccc(C(=O)O)c(-c2c3ccc(=O)cc-3oc3cc(O)ccc23)c1. The summed E-state index contributed by atoms with van der Waals surface area (Å²) in [5.41, 5.74) is 1.90. The highest BCUT2D eigenvalue weighted by atomic mass is 16.5. The number of amides is 1. The molecule has 0 bridgehead atoms. The second-order valence-electron chi connectivity index (χ2n) is 10.1. The highest BCUT2D eigenvalue weighted by Gasteiger charge is 2.23. The predicted molar refractivity (Wildman–Crippen MR) is 164 cm³/mol. The summed E-state index contributed by atoms with van der Waals surface area (Å²) in [5.74, 6) is -1.49. The third-order valence-electron chi connectivity index (χ3n) is 7.04. The van der Waals surface area contributed by atoms with E-state index in [1.54, 1.807) is 16.8 Å². The number of nitrogens with zero attached hydrogens (tertiary/aromatic N) is 3. The lowest BCUT2D eigenvalue weighted by atomic mass is 9.89. The van der Waals surface area contributed by atoms with Crippen LogP contribution in [-0.4, -0.2) is 88.4 Å². The van der Waals surface area contributed by atoms with Crippen molar-refractivity contribution in [3.8, 4) is 28.2 Å². The number of aromatic hydroxyl groups is 1. The normalized spacial score (nSPS) is 11.3. The van der Waals surface area contributed by atoms with E-state index in [0.717, 1.165) is 0 Å². The van der Waals surface area contributed by atoms with Crippen molar-refractivity contribution in [2.24, 2.45) is 0 Å². The summed E-state index contributed by atoms with van der Waals surface area (Å²) in [4.78, 5) is 37.3. The zero-order chi connectivity index (χ0) is 32.5. The fraction of sp³-hybridized carbons (Fsp3) is 0.281. The Morgan fingerprint density at radius 2 is 1.65 bits per heavy atom. The molecular weight excluding hydrogens is 600 g/mol. The van der Waals surface area contributed by atoms with Gasteiger partial charge >= 0.3 is 5.97 Å². The number of phenols is 1. The number of carboxylic acids is 1. The van der Waals surface area contributed by atoms with Gasteiger partial charge in [0.1, 0.15) is 17.1 Å². The van der Waals surface area contributed by atoms with Crippen LogP contribution >= 0.6 is 0 Å². The van der Waals surface area contributed by atoms with Crippen LogP contribution in [0.5, 0.6) is 5.75 Å². The number of nitrogens with one attached hydrogen (secondary N) is 1. The number of hydrogen-bond acceptors (Lipinski definition) is 11. The molecule has 46 heavy (non-hydrogen) atoms. The maximum Gasteiger partial charge on any atom is 0.336 e. The number of hydrogen-bond donors (Lipinski definition) is 4. The highest BCUT2D eigenvalue weighted by Crippen LogP contribution is 2.42. The molecule has 1 aliphatic carbocycles. The molecule has 0 unspecified atom stereocenters. The molecule has 3 aromatic rings. The van der Waals surface area contributed by atoms with Crippen LogP contribution < -0.4 is 10.7 Å². The molecule has 1 amide bonds. The number of carbonyl (C=O) groups is 2. The van der Waals surface area contributed by atoms with Crippen LogP contribution in [0.4, 0.5) is 0 Å². The van der Waals surface area contributed by atoms with E-state index in [2.05, 4.69) is 15.6 Å². The first-order valence-corrected chi connectivity index (χ1v) is 14.4. The Balaban J connectivity index is 1.14. The van der Waals surface area contributed by atoms with E-state index < -0.39 is 11.9 Å². The maximum atomic E-state index is 13.0. The van der Waals surface area contributed by atoms with Gasteiger partial charge in [-0.05, 0) is 48.0 Å². The van der Waals surface area contributed by atoms with E-state index in [9.17, 15) is 29.7 Å². The molecule has 1 aromatic heterocycles. The molecule has 0 radical (unpaired) electrons. The molecule has 0 spiro atoms. The highest BCUT2D eigenvalue weighted by molar-refractivity contribution is 6.09. The van der Waals surface area contributed by atoms with Crippen molar-refractivity contribution >= 4 is 22.8 Å². The molecule has 0 saturated carbocycles. The summed E-state index contributed by atoms with van der Waals surface area (Å²) in [6, 6.07) is 12.9. The van der Waals surface area contributed by atoms with E-state index >= 15 is 0 Å². The Hall–Kier alpha value is -5.15. The minimum Gasteiger partial charge on any atom is -0.508 e. The topological polar surface area (TPSA) is 195 Å². The second kappa shape index (κ2) is 15.2. The smallest absolute Gasteiger partial charge is 0.336 e. The fourth-order valence-electron chi connectivity index (χ4n) is 4.85. The van der Waals surface area contributed by atoms with Crippen LogP contribution in [-0.2, 0) is 27.4 Å². The van der Waals surface area contributed by atoms with Crippen LogP contribution in [0, 0.1) is 0 Å². The molecule has 2 aliphatic rings. The average molecular weight is 633 g/mol. The van der Waals surface area contributed by atoms with Crippen LogP contribution in [0.1, 0.15) is 26.4 Å². The molecule has 5 rings (SSSR count). The standard InChI is InChI=1S/C32H32N4O10/c37-19-21-18-34-35-36(21)8-10-44-12-14-45-13-11-43-9-7-33-31(40)20-1-4-24(32(41)42)27(15-20)30-25-5-2-22(38)16-28(25)46-29-17-23(39)3-6-26(29)30/h1-6,15-18,37-38H,7-14,19H2,(H,33,40)(H,41,42). The van der Waals surface area contributed by atoms with Gasteiger partial charge in [0.05, 0.1) is 70.2 Å². The van der Waals surface area contributed by atoms with Crippen molar-refractivity contribution in [2.75, 3.05) is 46.2 Å². The van der Waals surface area contributed by atoms with Gasteiger partial charge in [-0.15, -0.1) is 5.10 Å². The Bertz CT molecular complexity index is 1850. The number of aliphatic hydroxyl groups is 1. The van der Waals surface area contributed by atoms with Gasteiger partial charge in [-0.25, -0.2) is 9.48 Å². The average Bonchev–Trinajstić information content (AvgIpc) is 3.51. The third kappa shape index (κ3) is 7.73. The third-order valence-corrected chi connectivity index (χ3v) is 7.04. The monoisotopic (exact) mass is 632 g/mol. The van der Waals surface area contributed by atoms with Crippen molar-refractivity contribution < 1.29 is 43.5 Å². The minimum absolute atomic E-state index is 0.0515. The van der Waals surface area contributed by atoms with Crippen molar-refractivity contribution in [3.63, 3.8) is 0 Å². The van der Waals surface area contributed by atoms with Gasteiger partial charge in [-0.3, -0.25) is 9.59 Å². The molecule has 4 N–H and O–H groups in total. The van der Waals surface area contributed by atoms with Crippen molar-refractivity contribution in [1.82, 2.24) is 20.3 Å². The first kappa shape index (κ1) is 32.2. The largest absolute Gasteiger partial charge is 0.508 e. The molecule has 0 fully saturated rings. The number of phenolic OH excluding ortho intramolecular Hbond substituents is 1. The molecule has 2 aromatic carbocycles. The number of carboxylic acid groups (broad SMARTS) is 1. The van der Waals surface area contributed by atoms with Crippen LogP contribution in [0.15, 0.2) is 70.0 Å². The summed E-state index contributed by atoms with van der Waals surface area (Å²) in [6.45, 7) is 2.58. The van der Waals surface area contributed by atoms with Gasteiger partial charge in [-0.1, -0.05) is 5.21 Å². The van der Waals surface area contributed by atoms with E-state index in [1.807, 2.05) is 0 Å². The van der Waals surface area contributed by atoms with E-state index in [1.165, 1.54) is 48.7 Å². The lowest BCUT2D eigenvalue weighted by Gasteiger charge is -2.17. The first-order chi connectivity index (χ1) is 22.4. The predicted octanol–water partition coefficient (Wildman–Crippen LogP) is 2.53. The molecule has 0 atom stereocenters. The van der Waals surface area contributed by atoms with Gasteiger partial charge in [-0.2, -0.15) is 0 Å². The van der Waals surface area contributed by atoms with E-state index in [0.29, 0.717) is 61.8 Å². The number of aliphatic hydroxyl groups excluding tert-OH is 1. The van der Waals surface area contributed by atoms with Crippen molar-refractivity contribution in [2.45, 2.75) is 13.2 Å². The van der Waals surface area contributed by atoms with Crippen LogP contribution in [0.25, 0.3) is 33.4 Å². The van der Waals surface area contributed by atoms with Gasteiger partial charge in [0.15, 0.2) is 5.43 Å². The number of fused-ring (bicyclic) bond motifs is 2. The molecular formula is C32H32N4O10. The number of carbonyl (C=O) groups excluding carboxylic acids is 1. The van der Waals surface area contributed by atoms with E-state index in [4.69, 9.17) is 18.6 Å². The van der Waals surface area contributed by atoms with Crippen LogP contribution in [0.2, 0.25) is 0 Å². The Labute approximate surface area is 262 Å². The summed E-state index contributed by atoms with van der Waals surface area (Å²) in [5, 5.41) is 40.1. The Morgan fingerprint density at radius 1 is 0.891 bits per heavy atom. The zero-order valence-corrected chi connectivity index (χ0v) is 24.7. The fourth-order valence-corrected chi connectivity index (χ4v) is 4.85. The minimum atomic E-state index is -1.20. The maximum absolute atomic E-state index is 13.0. The van der Waals surface area contributed by atoms with Gasteiger partial charge in [0.2, 0.25) is 0 Å². The zero-order valence-electron chi connectivity index (χ0n) is 24.7. The summed E-state index contributed by atoms with van der Waals surface area (Å²) in [7, 11) is 0. The quantitative estimate of drug-likeness (QED) is 0.0918. The number of aromatic carboxylic acids is 1. The summed E-state index contributed by atoms with van der Waals surface area (Å²) < 4.78 is 23.9. The number of aromatic nitrogens is 3. The molecule has 14 nitrogen and oxygen atoms in total. The summed E-state index contributed by atoms with van der Waals surface area (Å²) in [6.07, 6.45) is 1.50. The Morgan fingerprint density at radius 3 is 2.41 bits per heavy atom. The molecule has 14 heteroatoms. The molecule has 2 heterocycles. The molecule has 0 saturated heterocycles. The first-order valence-electron chi connectivity index (χ1n) is 14.4. The Kier molecular flexibility index (Phi) is 10.7. The number of benzene rings is 3. The number of rotatable bonds is 16. The lowest BCUT2D eigenvalue weighted by Crippen LogP contribution is -2.27. The number of ether oxygens (including phenoxy) is 3. The summed E-state index contributed by atoms with van der Waals surface area (Å²) >= 11 is 0.